The van der Waals surface area contributed by atoms with Gasteiger partial charge in [-0.05, 0) is 54.8 Å². The molecule has 2 aromatic carbocycles. The van der Waals surface area contributed by atoms with Gasteiger partial charge < -0.3 is 10.1 Å². The van der Waals surface area contributed by atoms with Crippen LogP contribution in [0.25, 0.3) is 0 Å². The highest BCUT2D eigenvalue weighted by molar-refractivity contribution is 5.48. The van der Waals surface area contributed by atoms with Crippen LogP contribution in [-0.2, 0) is 6.54 Å². The summed E-state index contributed by atoms with van der Waals surface area (Å²) in [5, 5.41) is 3.25. The minimum atomic E-state index is -4.65. The van der Waals surface area contributed by atoms with Crippen molar-refractivity contribution < 1.29 is 17.9 Å². The number of hydrogen-bond donors (Lipinski definition) is 1. The van der Waals surface area contributed by atoms with Gasteiger partial charge in [0.2, 0.25) is 0 Å². The quantitative estimate of drug-likeness (QED) is 0.873. The Morgan fingerprint density at radius 3 is 2.05 bits per heavy atom. The van der Waals surface area contributed by atoms with Gasteiger partial charge in [0, 0.05) is 12.2 Å². The molecule has 0 aromatic heterocycles. The molecule has 2 aromatic rings. The van der Waals surface area contributed by atoms with Gasteiger partial charge in [-0.25, -0.2) is 0 Å². The largest absolute Gasteiger partial charge is 0.573 e. The lowest BCUT2D eigenvalue weighted by Gasteiger charge is -2.11. The van der Waals surface area contributed by atoms with E-state index in [-0.39, 0.29) is 5.75 Å². The average molecular weight is 295 g/mol. The SMILES string of the molecule is Cc1cc(C)cc(NCc2ccc(OC(F)(F)F)cc2)c1. The van der Waals surface area contributed by atoms with Gasteiger partial charge in [0.05, 0.1) is 0 Å². The molecular formula is C16H16F3NO. The van der Waals surface area contributed by atoms with E-state index in [1.807, 2.05) is 26.0 Å². The summed E-state index contributed by atoms with van der Waals surface area (Å²) in [5.74, 6) is -0.211. The van der Waals surface area contributed by atoms with Crippen molar-refractivity contribution in [1.29, 1.82) is 0 Å². The molecule has 1 N–H and O–H groups in total. The van der Waals surface area contributed by atoms with E-state index in [1.165, 1.54) is 12.1 Å². The van der Waals surface area contributed by atoms with Crippen LogP contribution in [0, 0.1) is 13.8 Å². The first kappa shape index (κ1) is 15.2. The van der Waals surface area contributed by atoms with Crippen LogP contribution >= 0.6 is 0 Å². The Kier molecular flexibility index (Phi) is 4.40. The monoisotopic (exact) mass is 295 g/mol. The standard InChI is InChI=1S/C16H16F3NO/c1-11-7-12(2)9-14(8-11)20-10-13-3-5-15(6-4-13)21-16(17,18)19/h3-9,20H,10H2,1-2H3. The summed E-state index contributed by atoms with van der Waals surface area (Å²) in [7, 11) is 0. The minimum Gasteiger partial charge on any atom is -0.406 e. The molecule has 0 aliphatic heterocycles. The zero-order chi connectivity index (χ0) is 15.5. The highest BCUT2D eigenvalue weighted by atomic mass is 19.4. The van der Waals surface area contributed by atoms with Crippen LogP contribution in [0.3, 0.4) is 0 Å². The Hall–Kier alpha value is -2.17. The van der Waals surface area contributed by atoms with Crippen molar-refractivity contribution in [3.63, 3.8) is 0 Å². The molecule has 5 heteroatoms. The molecule has 0 bridgehead atoms. The third-order valence-corrected chi connectivity index (χ3v) is 2.88. The summed E-state index contributed by atoms with van der Waals surface area (Å²) in [6.07, 6.45) is -4.65. The molecule has 2 nitrogen and oxygen atoms in total. The van der Waals surface area contributed by atoms with Crippen LogP contribution in [0.2, 0.25) is 0 Å². The Bertz CT molecular complexity index is 586. The summed E-state index contributed by atoms with van der Waals surface area (Å²) in [4.78, 5) is 0. The van der Waals surface area contributed by atoms with E-state index in [0.29, 0.717) is 6.54 Å². The molecule has 0 atom stereocenters. The maximum absolute atomic E-state index is 12.1. The summed E-state index contributed by atoms with van der Waals surface area (Å²) < 4.78 is 40.0. The van der Waals surface area contributed by atoms with Gasteiger partial charge in [-0.3, -0.25) is 0 Å². The van der Waals surface area contributed by atoms with Crippen molar-refractivity contribution in [1.82, 2.24) is 0 Å². The molecule has 0 aliphatic rings. The van der Waals surface area contributed by atoms with Gasteiger partial charge in [0.15, 0.2) is 0 Å². The van der Waals surface area contributed by atoms with Crippen LogP contribution in [-0.4, -0.2) is 6.36 Å². The number of hydrogen-bond acceptors (Lipinski definition) is 2. The third kappa shape index (κ3) is 5.02. The second-order valence-electron chi connectivity index (χ2n) is 4.92. The maximum Gasteiger partial charge on any atom is 0.573 e. The average Bonchev–Trinajstić information content (AvgIpc) is 2.35. The third-order valence-electron chi connectivity index (χ3n) is 2.88. The van der Waals surface area contributed by atoms with Crippen LogP contribution in [0.1, 0.15) is 16.7 Å². The van der Waals surface area contributed by atoms with E-state index in [4.69, 9.17) is 0 Å². The first-order valence-electron chi connectivity index (χ1n) is 6.49. The minimum absolute atomic E-state index is 0.211. The van der Waals surface area contributed by atoms with Gasteiger partial charge in [-0.1, -0.05) is 18.2 Å². The van der Waals surface area contributed by atoms with Crippen molar-refractivity contribution in [2.75, 3.05) is 5.32 Å². The molecule has 112 valence electrons. The number of alkyl halides is 3. The van der Waals surface area contributed by atoms with Crippen LogP contribution in [0.5, 0.6) is 5.75 Å². The smallest absolute Gasteiger partial charge is 0.406 e. The molecular weight excluding hydrogens is 279 g/mol. The Labute approximate surface area is 121 Å². The van der Waals surface area contributed by atoms with Gasteiger partial charge in [-0.2, -0.15) is 0 Å². The fourth-order valence-electron chi connectivity index (χ4n) is 2.09. The zero-order valence-corrected chi connectivity index (χ0v) is 11.8. The summed E-state index contributed by atoms with van der Waals surface area (Å²) in [6.45, 7) is 4.57. The van der Waals surface area contributed by atoms with Crippen molar-refractivity contribution in [2.24, 2.45) is 0 Å². The molecule has 2 rings (SSSR count). The molecule has 0 radical (unpaired) electrons. The van der Waals surface area contributed by atoms with Crippen LogP contribution in [0.4, 0.5) is 18.9 Å². The fourth-order valence-corrected chi connectivity index (χ4v) is 2.09. The summed E-state index contributed by atoms with van der Waals surface area (Å²) in [5.41, 5.74) is 4.18. The zero-order valence-electron chi connectivity index (χ0n) is 11.8. The fraction of sp³-hybridized carbons (Fsp3) is 0.250. The molecule has 0 aliphatic carbocycles. The van der Waals surface area contributed by atoms with Crippen LogP contribution in [0.15, 0.2) is 42.5 Å². The molecule has 0 unspecified atom stereocenters. The van der Waals surface area contributed by atoms with E-state index in [9.17, 15) is 13.2 Å². The van der Waals surface area contributed by atoms with E-state index in [1.54, 1.807) is 12.1 Å². The molecule has 0 saturated heterocycles. The second-order valence-corrected chi connectivity index (χ2v) is 4.92. The predicted octanol–water partition coefficient (Wildman–Crippen LogP) is 4.81. The molecule has 0 saturated carbocycles. The lowest BCUT2D eigenvalue weighted by atomic mass is 10.1. The van der Waals surface area contributed by atoms with Gasteiger partial charge in [-0.15, -0.1) is 13.2 Å². The molecule has 0 spiro atoms. The first-order valence-corrected chi connectivity index (χ1v) is 6.49. The number of anilines is 1. The molecule has 0 amide bonds. The Balaban J connectivity index is 1.97. The van der Waals surface area contributed by atoms with Gasteiger partial charge in [0.25, 0.3) is 0 Å². The predicted molar refractivity (Wildman–Crippen MR) is 76.4 cm³/mol. The van der Waals surface area contributed by atoms with E-state index < -0.39 is 6.36 Å². The van der Waals surface area contributed by atoms with Gasteiger partial charge in [0.1, 0.15) is 5.75 Å². The lowest BCUT2D eigenvalue weighted by Crippen LogP contribution is -2.17. The van der Waals surface area contributed by atoms with Crippen molar-refractivity contribution in [2.45, 2.75) is 26.8 Å². The van der Waals surface area contributed by atoms with Crippen molar-refractivity contribution in [3.8, 4) is 5.75 Å². The molecule has 0 fully saturated rings. The number of benzene rings is 2. The van der Waals surface area contributed by atoms with Crippen molar-refractivity contribution in [3.05, 3.63) is 59.2 Å². The summed E-state index contributed by atoms with van der Waals surface area (Å²) in [6, 6.07) is 12.0. The highest BCUT2D eigenvalue weighted by Crippen LogP contribution is 2.23. The lowest BCUT2D eigenvalue weighted by molar-refractivity contribution is -0.274. The number of ether oxygens (including phenoxy) is 1. The number of nitrogens with one attached hydrogen (secondary N) is 1. The van der Waals surface area contributed by atoms with Gasteiger partial charge >= 0.3 is 6.36 Å². The Morgan fingerprint density at radius 1 is 0.952 bits per heavy atom. The maximum atomic E-state index is 12.1. The topological polar surface area (TPSA) is 21.3 Å². The van der Waals surface area contributed by atoms with E-state index in [0.717, 1.165) is 22.4 Å². The number of aryl methyl sites for hydroxylation is 2. The second kappa shape index (κ2) is 6.08. The van der Waals surface area contributed by atoms with Crippen molar-refractivity contribution >= 4 is 5.69 Å². The van der Waals surface area contributed by atoms with Crippen LogP contribution < -0.4 is 10.1 Å². The Morgan fingerprint density at radius 2 is 1.52 bits per heavy atom. The van der Waals surface area contributed by atoms with E-state index >= 15 is 0 Å². The molecule has 0 heterocycles. The van der Waals surface area contributed by atoms with E-state index in [2.05, 4.69) is 16.1 Å². The highest BCUT2D eigenvalue weighted by Gasteiger charge is 2.30. The first-order chi connectivity index (χ1) is 9.82. The normalized spacial score (nSPS) is 11.3. The summed E-state index contributed by atoms with van der Waals surface area (Å²) >= 11 is 0. The number of rotatable bonds is 4. The molecule has 21 heavy (non-hydrogen) atoms. The number of halogens is 3.